The van der Waals surface area contributed by atoms with Gasteiger partial charge in [0.15, 0.2) is 0 Å². The van der Waals surface area contributed by atoms with Gasteiger partial charge in [0.2, 0.25) is 5.91 Å². The van der Waals surface area contributed by atoms with Crippen molar-refractivity contribution in [2.24, 2.45) is 5.92 Å². The fourth-order valence-corrected chi connectivity index (χ4v) is 6.91. The molecule has 0 aromatic heterocycles. The van der Waals surface area contributed by atoms with E-state index in [1.807, 2.05) is 30.3 Å². The van der Waals surface area contributed by atoms with Gasteiger partial charge in [-0.1, -0.05) is 30.3 Å². The molecule has 3 atom stereocenters. The summed E-state index contributed by atoms with van der Waals surface area (Å²) < 4.78 is 34.8. The van der Waals surface area contributed by atoms with E-state index in [1.54, 1.807) is 19.0 Å². The van der Waals surface area contributed by atoms with E-state index in [2.05, 4.69) is 18.8 Å². The van der Waals surface area contributed by atoms with Crippen LogP contribution in [0.2, 0.25) is 0 Å². The minimum absolute atomic E-state index is 0.00492. The van der Waals surface area contributed by atoms with E-state index in [1.165, 1.54) is 4.31 Å². The summed E-state index contributed by atoms with van der Waals surface area (Å²) in [4.78, 5) is 27.1. The molecule has 0 unspecified atom stereocenters. The molecule has 0 N–H and O–H groups in total. The Morgan fingerprint density at radius 2 is 1.75 bits per heavy atom. The molecule has 1 aliphatic heterocycles. The van der Waals surface area contributed by atoms with Gasteiger partial charge in [-0.15, -0.1) is 0 Å². The molecule has 0 spiro atoms. The van der Waals surface area contributed by atoms with Gasteiger partial charge in [-0.25, -0.2) is 14.8 Å². The summed E-state index contributed by atoms with van der Waals surface area (Å²) in [6, 6.07) is 8.34. The largest absolute Gasteiger partial charge is 0.448 e. The van der Waals surface area contributed by atoms with Gasteiger partial charge in [-0.2, -0.15) is 17.0 Å². The van der Waals surface area contributed by atoms with Crippen molar-refractivity contribution >= 4 is 32.2 Å². The van der Waals surface area contributed by atoms with Crippen LogP contribution in [0, 0.1) is 5.92 Å². The number of carbonyl (C=O) groups excluding carboxylic acids is 2. The molecule has 1 saturated heterocycles. The second-order valence-electron chi connectivity index (χ2n) is 9.62. The van der Waals surface area contributed by atoms with Crippen LogP contribution < -0.4 is 0 Å². The third-order valence-corrected chi connectivity index (χ3v) is 9.37. The highest BCUT2D eigenvalue weighted by Crippen LogP contribution is 2.41. The second-order valence-corrected chi connectivity index (χ2v) is 16.0. The lowest BCUT2D eigenvalue weighted by Gasteiger charge is -2.34. The Bertz CT molecular complexity index is 931. The van der Waals surface area contributed by atoms with Crippen LogP contribution in [0.25, 0.3) is 0 Å². The lowest BCUT2D eigenvalue weighted by molar-refractivity contribution is -0.134. The van der Waals surface area contributed by atoms with Crippen molar-refractivity contribution in [1.29, 1.82) is 0 Å². The smallest absolute Gasteiger partial charge is 0.424 e. The van der Waals surface area contributed by atoms with Gasteiger partial charge in [0, 0.05) is 38.4 Å². The summed E-state index contributed by atoms with van der Waals surface area (Å²) >= 11 is 0. The molecule has 1 saturated carbocycles. The number of benzene rings is 1. The average Bonchev–Trinajstić information content (AvgIpc) is 2.93. The summed E-state index contributed by atoms with van der Waals surface area (Å²) in [7, 11) is -1.52. The van der Waals surface area contributed by atoms with Gasteiger partial charge in [-0.05, 0) is 43.6 Å². The Kier molecular flexibility index (Phi) is 7.46. The highest BCUT2D eigenvalue weighted by atomic mass is 32.3. The molecule has 1 heterocycles. The van der Waals surface area contributed by atoms with Gasteiger partial charge >= 0.3 is 16.3 Å². The third kappa shape index (κ3) is 5.40. The maximum absolute atomic E-state index is 13.5. The predicted octanol–water partition coefficient (Wildman–Crippen LogP) is 2.51. The minimum Gasteiger partial charge on any atom is -0.448 e. The molecule has 2 aliphatic rings. The van der Waals surface area contributed by atoms with Crippen molar-refractivity contribution in [3.63, 3.8) is 0 Å². The molecule has 3 rings (SSSR count). The molecular formula is C22H35N3O5S2. The highest BCUT2D eigenvalue weighted by molar-refractivity contribution is 8.32. The Morgan fingerprint density at radius 1 is 1.09 bits per heavy atom. The number of hydrogen-bond acceptors (Lipinski definition) is 5. The van der Waals surface area contributed by atoms with Crippen LogP contribution >= 0.6 is 10.0 Å². The number of hydrogen-bond donors (Lipinski definition) is 0. The molecule has 0 bridgehead atoms. The SMILES string of the molecule is CN(C)C(=O)[C@H]1CC[C@H]2[C@@H](C1)N(Cc1ccccc1)S(=O)(=O)N2C(=O)OCCS(C)(C)C. The van der Waals surface area contributed by atoms with Crippen LogP contribution in [0.3, 0.4) is 0 Å². The molecule has 1 aliphatic carbocycles. The van der Waals surface area contributed by atoms with Crippen LogP contribution in [0.4, 0.5) is 4.79 Å². The van der Waals surface area contributed by atoms with Crippen LogP contribution in [0.1, 0.15) is 24.8 Å². The first-order chi connectivity index (χ1) is 14.9. The van der Waals surface area contributed by atoms with E-state index in [0.717, 1.165) is 9.87 Å². The first-order valence-electron chi connectivity index (χ1n) is 10.8. The number of amides is 2. The van der Waals surface area contributed by atoms with Crippen LogP contribution in [0.15, 0.2) is 30.3 Å². The molecule has 180 valence electrons. The van der Waals surface area contributed by atoms with Crippen molar-refractivity contribution < 1.29 is 22.7 Å². The molecule has 0 radical (unpaired) electrons. The summed E-state index contributed by atoms with van der Waals surface area (Å²) in [5.74, 6) is 0.447. The minimum atomic E-state index is -4.07. The number of carbonyl (C=O) groups is 2. The topological polar surface area (TPSA) is 87.2 Å². The van der Waals surface area contributed by atoms with E-state index in [9.17, 15) is 18.0 Å². The second kappa shape index (κ2) is 9.61. The number of fused-ring (bicyclic) bond motifs is 1. The zero-order valence-electron chi connectivity index (χ0n) is 19.6. The molecule has 10 heteroatoms. The standard InChI is InChI=1S/C22H35N3O5S2/c1-23(2)21(26)18-11-12-19-20(15-18)24(16-17-9-7-6-8-10-17)32(28,29)25(19)22(27)30-13-14-31(3,4)5/h6-10,18-20H,11-16H2,1-5H3/t18-,19-,20+/m0/s1. The lowest BCUT2D eigenvalue weighted by Crippen LogP contribution is -2.47. The molecule has 1 aromatic rings. The maximum atomic E-state index is 13.5. The number of ether oxygens (including phenoxy) is 1. The predicted molar refractivity (Wildman–Crippen MR) is 128 cm³/mol. The lowest BCUT2D eigenvalue weighted by atomic mass is 9.81. The molecule has 2 fully saturated rings. The summed E-state index contributed by atoms with van der Waals surface area (Å²) in [6.45, 7) is 0.352. The van der Waals surface area contributed by atoms with E-state index in [4.69, 9.17) is 4.74 Å². The van der Waals surface area contributed by atoms with Gasteiger partial charge < -0.3 is 9.64 Å². The molecular weight excluding hydrogens is 450 g/mol. The van der Waals surface area contributed by atoms with E-state index in [-0.39, 0.29) is 25.0 Å². The van der Waals surface area contributed by atoms with E-state index in [0.29, 0.717) is 25.0 Å². The van der Waals surface area contributed by atoms with Crippen LogP contribution in [-0.4, -0.2) is 91.2 Å². The van der Waals surface area contributed by atoms with E-state index >= 15 is 0 Å². The zero-order valence-corrected chi connectivity index (χ0v) is 21.2. The first kappa shape index (κ1) is 24.9. The Balaban J connectivity index is 1.87. The Hall–Kier alpha value is -1.78. The zero-order chi connectivity index (χ0) is 23.7. The molecule has 8 nitrogen and oxygen atoms in total. The quantitative estimate of drug-likeness (QED) is 0.618. The van der Waals surface area contributed by atoms with Gasteiger partial charge in [0.25, 0.3) is 0 Å². The fraction of sp³-hybridized carbons (Fsp3) is 0.636. The number of rotatable bonds is 6. The first-order valence-corrected chi connectivity index (χ1v) is 15.2. The number of nitrogens with zero attached hydrogens (tertiary/aromatic N) is 3. The molecule has 2 amide bonds. The van der Waals surface area contributed by atoms with Crippen LogP contribution in [-0.2, 0) is 26.3 Å². The molecule has 1 aromatic carbocycles. The van der Waals surface area contributed by atoms with E-state index < -0.39 is 38.4 Å². The Labute approximate surface area is 193 Å². The Morgan fingerprint density at radius 3 is 2.34 bits per heavy atom. The fourth-order valence-electron chi connectivity index (χ4n) is 4.39. The van der Waals surface area contributed by atoms with Crippen molar-refractivity contribution in [2.45, 2.75) is 37.9 Å². The summed E-state index contributed by atoms with van der Waals surface area (Å²) in [6.07, 6.45) is 6.93. The van der Waals surface area contributed by atoms with Gasteiger partial charge in [0.1, 0.15) is 6.61 Å². The van der Waals surface area contributed by atoms with Gasteiger partial charge in [0.05, 0.1) is 6.04 Å². The van der Waals surface area contributed by atoms with Crippen molar-refractivity contribution in [3.8, 4) is 0 Å². The third-order valence-electron chi connectivity index (χ3n) is 6.07. The summed E-state index contributed by atoms with van der Waals surface area (Å²) in [5.41, 5.74) is 0.836. The monoisotopic (exact) mass is 485 g/mol. The molecule has 32 heavy (non-hydrogen) atoms. The van der Waals surface area contributed by atoms with Crippen molar-refractivity contribution in [3.05, 3.63) is 35.9 Å². The summed E-state index contributed by atoms with van der Waals surface area (Å²) in [5, 5.41) is 0. The van der Waals surface area contributed by atoms with Crippen molar-refractivity contribution in [1.82, 2.24) is 13.5 Å². The van der Waals surface area contributed by atoms with Crippen LogP contribution in [0.5, 0.6) is 0 Å². The normalized spacial score (nSPS) is 25.8. The average molecular weight is 486 g/mol. The van der Waals surface area contributed by atoms with Gasteiger partial charge in [-0.3, -0.25) is 4.79 Å². The van der Waals surface area contributed by atoms with Crippen molar-refractivity contribution in [2.75, 3.05) is 45.2 Å². The maximum Gasteiger partial charge on any atom is 0.424 e. The highest BCUT2D eigenvalue weighted by Gasteiger charge is 2.56.